The molecule has 0 aliphatic heterocycles. The third-order valence-electron chi connectivity index (χ3n) is 2.04. The molecular weight excluding hydrogens is 222 g/mol. The molecule has 2 rings (SSSR count). The van der Waals surface area contributed by atoms with Gasteiger partial charge in [0.2, 0.25) is 5.89 Å². The minimum Gasteiger partial charge on any atom is -0.408 e. The molecule has 1 amide bonds. The second-order valence-corrected chi connectivity index (χ2v) is 3.23. The summed E-state index contributed by atoms with van der Waals surface area (Å²) in [6.45, 7) is 1.64. The molecule has 0 bridgehead atoms. The Morgan fingerprint density at radius 3 is 2.88 bits per heavy atom. The van der Waals surface area contributed by atoms with Crippen molar-refractivity contribution in [2.45, 2.75) is 6.92 Å². The van der Waals surface area contributed by atoms with Gasteiger partial charge in [-0.1, -0.05) is 5.10 Å². The monoisotopic (exact) mass is 233 g/mol. The molecule has 0 unspecified atom stereocenters. The normalized spacial score (nSPS) is 10.0. The molecule has 2 N–H and O–H groups in total. The Labute approximate surface area is 97.3 Å². The molecule has 2 aromatic rings. The Morgan fingerprint density at radius 2 is 2.24 bits per heavy atom. The summed E-state index contributed by atoms with van der Waals surface area (Å²) in [6.07, 6.45) is 1.60. The molecule has 0 saturated heterocycles. The van der Waals surface area contributed by atoms with Gasteiger partial charge in [0.05, 0.1) is 5.56 Å². The van der Waals surface area contributed by atoms with Gasteiger partial charge in [0, 0.05) is 20.2 Å². The number of rotatable bonds is 3. The standard InChI is InChI=1S/C10H11N5O2/c1-6-14-15-10(17-6)13-9(16)7-4-3-5-12-8(7)11-2/h3-5H,1-2H3,(H,11,12)(H,13,15,16). The highest BCUT2D eigenvalue weighted by Gasteiger charge is 2.13. The number of nitrogens with zero attached hydrogens (tertiary/aromatic N) is 3. The van der Waals surface area contributed by atoms with Gasteiger partial charge >= 0.3 is 6.01 Å². The highest BCUT2D eigenvalue weighted by Crippen LogP contribution is 2.13. The maximum Gasteiger partial charge on any atom is 0.322 e. The van der Waals surface area contributed by atoms with Crippen molar-refractivity contribution >= 4 is 17.7 Å². The molecule has 2 aromatic heterocycles. The first-order chi connectivity index (χ1) is 8.20. The van der Waals surface area contributed by atoms with Crippen LogP contribution in [0.5, 0.6) is 0 Å². The SMILES string of the molecule is CNc1ncccc1C(=O)Nc1nnc(C)o1. The number of hydrogen-bond acceptors (Lipinski definition) is 6. The number of hydrogen-bond donors (Lipinski definition) is 2. The molecule has 7 nitrogen and oxygen atoms in total. The molecule has 0 fully saturated rings. The van der Waals surface area contributed by atoms with Crippen LogP contribution in [0.25, 0.3) is 0 Å². The van der Waals surface area contributed by atoms with E-state index in [-0.39, 0.29) is 11.9 Å². The highest BCUT2D eigenvalue weighted by molar-refractivity contribution is 6.06. The molecule has 88 valence electrons. The minimum absolute atomic E-state index is 0.0680. The third-order valence-corrected chi connectivity index (χ3v) is 2.04. The van der Waals surface area contributed by atoms with E-state index in [1.54, 1.807) is 32.3 Å². The molecule has 7 heteroatoms. The van der Waals surface area contributed by atoms with Gasteiger partial charge in [0.15, 0.2) is 0 Å². The number of pyridine rings is 1. The zero-order valence-corrected chi connectivity index (χ0v) is 9.39. The topological polar surface area (TPSA) is 92.9 Å². The zero-order valence-electron chi connectivity index (χ0n) is 9.39. The first-order valence-corrected chi connectivity index (χ1v) is 4.95. The van der Waals surface area contributed by atoms with Crippen LogP contribution >= 0.6 is 0 Å². The first kappa shape index (κ1) is 11.1. The summed E-state index contributed by atoms with van der Waals surface area (Å²) >= 11 is 0. The number of nitrogens with one attached hydrogen (secondary N) is 2. The Kier molecular flexibility index (Phi) is 2.99. The second-order valence-electron chi connectivity index (χ2n) is 3.23. The van der Waals surface area contributed by atoms with E-state index >= 15 is 0 Å². The summed E-state index contributed by atoms with van der Waals surface area (Å²) in [5.74, 6) is 0.521. The van der Waals surface area contributed by atoms with Gasteiger partial charge in [0.1, 0.15) is 5.82 Å². The largest absolute Gasteiger partial charge is 0.408 e. The zero-order chi connectivity index (χ0) is 12.3. The molecule has 0 atom stereocenters. The van der Waals surface area contributed by atoms with Crippen molar-refractivity contribution in [1.82, 2.24) is 15.2 Å². The van der Waals surface area contributed by atoms with Crippen LogP contribution in [0.15, 0.2) is 22.7 Å². The van der Waals surface area contributed by atoms with Crippen molar-refractivity contribution in [2.75, 3.05) is 17.7 Å². The summed E-state index contributed by atoms with van der Waals surface area (Å²) in [5.41, 5.74) is 0.408. The number of aromatic nitrogens is 3. The Balaban J connectivity index is 2.20. The molecule has 0 aromatic carbocycles. The van der Waals surface area contributed by atoms with Crippen molar-refractivity contribution in [3.63, 3.8) is 0 Å². The summed E-state index contributed by atoms with van der Waals surface area (Å²) < 4.78 is 5.05. The molecule has 17 heavy (non-hydrogen) atoms. The van der Waals surface area contributed by atoms with Crippen LogP contribution in [-0.4, -0.2) is 28.1 Å². The quantitative estimate of drug-likeness (QED) is 0.823. The Hall–Kier alpha value is -2.44. The van der Waals surface area contributed by atoms with Gasteiger partial charge in [-0.25, -0.2) is 4.98 Å². The second kappa shape index (κ2) is 4.60. The van der Waals surface area contributed by atoms with Crippen LogP contribution in [0.1, 0.15) is 16.2 Å². The lowest BCUT2D eigenvalue weighted by molar-refractivity contribution is 0.102. The highest BCUT2D eigenvalue weighted by atomic mass is 16.4. The van der Waals surface area contributed by atoms with Crippen LogP contribution in [0, 0.1) is 6.92 Å². The van der Waals surface area contributed by atoms with E-state index in [4.69, 9.17) is 4.42 Å². The van der Waals surface area contributed by atoms with E-state index in [1.807, 2.05) is 0 Å². The number of aryl methyl sites for hydroxylation is 1. The molecule has 0 saturated carbocycles. The van der Waals surface area contributed by atoms with Crippen molar-refractivity contribution < 1.29 is 9.21 Å². The molecule has 0 aliphatic carbocycles. The lowest BCUT2D eigenvalue weighted by atomic mass is 10.2. The summed E-state index contributed by atoms with van der Waals surface area (Å²) in [7, 11) is 1.69. The van der Waals surface area contributed by atoms with E-state index in [2.05, 4.69) is 25.8 Å². The van der Waals surface area contributed by atoms with E-state index < -0.39 is 0 Å². The van der Waals surface area contributed by atoms with Crippen LogP contribution in [-0.2, 0) is 0 Å². The molecular formula is C10H11N5O2. The fourth-order valence-corrected chi connectivity index (χ4v) is 1.30. The smallest absolute Gasteiger partial charge is 0.322 e. The number of carbonyl (C=O) groups is 1. The average Bonchev–Trinajstić information content (AvgIpc) is 2.74. The lowest BCUT2D eigenvalue weighted by Gasteiger charge is -2.05. The summed E-state index contributed by atoms with van der Waals surface area (Å²) in [5, 5.41) is 12.6. The van der Waals surface area contributed by atoms with Gasteiger partial charge in [0.25, 0.3) is 5.91 Å². The fourth-order valence-electron chi connectivity index (χ4n) is 1.30. The summed E-state index contributed by atoms with van der Waals surface area (Å²) in [6, 6.07) is 3.39. The van der Waals surface area contributed by atoms with E-state index in [1.165, 1.54) is 0 Å². The van der Waals surface area contributed by atoms with Gasteiger partial charge in [-0.2, -0.15) is 0 Å². The Bertz CT molecular complexity index is 537. The number of carbonyl (C=O) groups excluding carboxylic acids is 1. The molecule has 2 heterocycles. The van der Waals surface area contributed by atoms with Crippen molar-refractivity contribution in [1.29, 1.82) is 0 Å². The van der Waals surface area contributed by atoms with Crippen molar-refractivity contribution in [2.24, 2.45) is 0 Å². The van der Waals surface area contributed by atoms with Crippen LogP contribution < -0.4 is 10.6 Å². The van der Waals surface area contributed by atoms with Crippen LogP contribution in [0.3, 0.4) is 0 Å². The predicted molar refractivity (Wildman–Crippen MR) is 60.8 cm³/mol. The predicted octanol–water partition coefficient (Wildman–Crippen LogP) is 1.07. The van der Waals surface area contributed by atoms with Gasteiger partial charge in [-0.3, -0.25) is 10.1 Å². The minimum atomic E-state index is -0.355. The van der Waals surface area contributed by atoms with Gasteiger partial charge in [-0.05, 0) is 12.1 Å². The first-order valence-electron chi connectivity index (χ1n) is 4.95. The van der Waals surface area contributed by atoms with Crippen molar-refractivity contribution in [3.05, 3.63) is 29.8 Å². The van der Waals surface area contributed by atoms with Crippen molar-refractivity contribution in [3.8, 4) is 0 Å². The van der Waals surface area contributed by atoms with E-state index in [0.717, 1.165) is 0 Å². The van der Waals surface area contributed by atoms with E-state index in [9.17, 15) is 4.79 Å². The summed E-state index contributed by atoms with van der Waals surface area (Å²) in [4.78, 5) is 15.9. The molecule has 0 aliphatic rings. The maximum atomic E-state index is 11.9. The maximum absolute atomic E-state index is 11.9. The van der Waals surface area contributed by atoms with Gasteiger partial charge in [-0.15, -0.1) is 5.10 Å². The molecule has 0 spiro atoms. The lowest BCUT2D eigenvalue weighted by Crippen LogP contribution is -2.14. The van der Waals surface area contributed by atoms with Crippen LogP contribution in [0.4, 0.5) is 11.8 Å². The average molecular weight is 233 g/mol. The van der Waals surface area contributed by atoms with Crippen LogP contribution in [0.2, 0.25) is 0 Å². The van der Waals surface area contributed by atoms with E-state index in [0.29, 0.717) is 17.3 Å². The Morgan fingerprint density at radius 1 is 1.41 bits per heavy atom. The molecule has 0 radical (unpaired) electrons. The fraction of sp³-hybridized carbons (Fsp3) is 0.200. The van der Waals surface area contributed by atoms with Gasteiger partial charge < -0.3 is 9.73 Å². The number of amides is 1. The number of anilines is 2. The third kappa shape index (κ3) is 2.39.